The van der Waals surface area contributed by atoms with Crippen LogP contribution in [0.2, 0.25) is 0 Å². The van der Waals surface area contributed by atoms with E-state index in [1.54, 1.807) is 18.2 Å². The number of rotatable bonds is 6. The predicted molar refractivity (Wildman–Crippen MR) is 79.0 cm³/mol. The van der Waals surface area contributed by atoms with E-state index in [0.29, 0.717) is 18.8 Å². The lowest BCUT2D eigenvalue weighted by atomic mass is 10.1. The van der Waals surface area contributed by atoms with Gasteiger partial charge in [-0.05, 0) is 23.3 Å². The van der Waals surface area contributed by atoms with Gasteiger partial charge in [0.15, 0.2) is 0 Å². The van der Waals surface area contributed by atoms with Gasteiger partial charge in [0, 0.05) is 17.7 Å². The van der Waals surface area contributed by atoms with Gasteiger partial charge in [-0.1, -0.05) is 24.3 Å². The summed E-state index contributed by atoms with van der Waals surface area (Å²) in [5.74, 6) is 0.00420. The SMILES string of the molecule is N=C(N)c1ccccc1COCc1ccc([N+](=O)[O-])cc1. The average Bonchev–Trinajstić information content (AvgIpc) is 2.48. The van der Waals surface area contributed by atoms with Crippen LogP contribution in [0.1, 0.15) is 16.7 Å². The Morgan fingerprint density at radius 2 is 1.81 bits per heavy atom. The molecule has 6 heteroatoms. The number of non-ortho nitro benzene ring substituents is 1. The molecule has 0 unspecified atom stereocenters. The van der Waals surface area contributed by atoms with Crippen molar-refractivity contribution in [1.29, 1.82) is 5.41 Å². The van der Waals surface area contributed by atoms with Crippen molar-refractivity contribution in [2.45, 2.75) is 13.2 Å². The number of hydrogen-bond acceptors (Lipinski definition) is 4. The third-order valence-corrected chi connectivity index (χ3v) is 2.98. The fraction of sp³-hybridized carbons (Fsp3) is 0.133. The number of nitrogens with two attached hydrogens (primary N) is 1. The zero-order valence-corrected chi connectivity index (χ0v) is 11.3. The number of benzene rings is 2. The van der Waals surface area contributed by atoms with E-state index in [2.05, 4.69) is 0 Å². The number of nitrogens with one attached hydrogen (secondary N) is 1. The van der Waals surface area contributed by atoms with E-state index < -0.39 is 4.92 Å². The molecule has 6 nitrogen and oxygen atoms in total. The van der Waals surface area contributed by atoms with Crippen molar-refractivity contribution in [2.24, 2.45) is 5.73 Å². The Morgan fingerprint density at radius 1 is 1.14 bits per heavy atom. The van der Waals surface area contributed by atoms with E-state index in [1.165, 1.54) is 12.1 Å². The Balaban J connectivity index is 1.95. The number of nitrogen functional groups attached to an aromatic ring is 1. The highest BCUT2D eigenvalue weighted by molar-refractivity contribution is 5.96. The molecule has 0 heterocycles. The molecular weight excluding hydrogens is 270 g/mol. The first-order valence-corrected chi connectivity index (χ1v) is 6.31. The fourth-order valence-corrected chi connectivity index (χ4v) is 1.90. The van der Waals surface area contributed by atoms with Gasteiger partial charge in [-0.15, -0.1) is 0 Å². The third-order valence-electron chi connectivity index (χ3n) is 2.98. The average molecular weight is 285 g/mol. The van der Waals surface area contributed by atoms with Gasteiger partial charge in [0.25, 0.3) is 5.69 Å². The summed E-state index contributed by atoms with van der Waals surface area (Å²) in [6.45, 7) is 0.664. The van der Waals surface area contributed by atoms with Gasteiger partial charge in [0.1, 0.15) is 5.84 Å². The summed E-state index contributed by atoms with van der Waals surface area (Å²) >= 11 is 0. The van der Waals surface area contributed by atoms with Crippen molar-refractivity contribution in [3.8, 4) is 0 Å². The lowest BCUT2D eigenvalue weighted by Crippen LogP contribution is -2.14. The van der Waals surface area contributed by atoms with Gasteiger partial charge in [-0.2, -0.15) is 0 Å². The second-order valence-corrected chi connectivity index (χ2v) is 4.49. The van der Waals surface area contributed by atoms with Crippen LogP contribution in [0.5, 0.6) is 0 Å². The van der Waals surface area contributed by atoms with Crippen molar-refractivity contribution in [3.05, 3.63) is 75.3 Å². The Hall–Kier alpha value is -2.73. The minimum atomic E-state index is -0.437. The first-order chi connectivity index (χ1) is 10.1. The van der Waals surface area contributed by atoms with Crippen molar-refractivity contribution in [3.63, 3.8) is 0 Å². The fourth-order valence-electron chi connectivity index (χ4n) is 1.90. The molecular formula is C15H15N3O3. The largest absolute Gasteiger partial charge is 0.384 e. The summed E-state index contributed by atoms with van der Waals surface area (Å²) in [6, 6.07) is 13.5. The maximum absolute atomic E-state index is 10.6. The molecule has 0 aromatic heterocycles. The Kier molecular flexibility index (Phi) is 4.63. The summed E-state index contributed by atoms with van der Waals surface area (Å²) in [5.41, 5.74) is 7.90. The topological polar surface area (TPSA) is 102 Å². The summed E-state index contributed by atoms with van der Waals surface area (Å²) < 4.78 is 5.57. The number of hydrogen-bond donors (Lipinski definition) is 2. The highest BCUT2D eigenvalue weighted by Gasteiger charge is 2.06. The van der Waals surface area contributed by atoms with Crippen LogP contribution in [-0.2, 0) is 18.0 Å². The first kappa shape index (κ1) is 14.7. The maximum Gasteiger partial charge on any atom is 0.269 e. The Labute approximate surface area is 121 Å². The molecule has 0 aliphatic heterocycles. The lowest BCUT2D eigenvalue weighted by Gasteiger charge is -2.09. The van der Waals surface area contributed by atoms with Crippen LogP contribution in [0, 0.1) is 15.5 Å². The van der Waals surface area contributed by atoms with Crippen LogP contribution in [0.15, 0.2) is 48.5 Å². The highest BCUT2D eigenvalue weighted by Crippen LogP contribution is 2.14. The van der Waals surface area contributed by atoms with Crippen LogP contribution in [-0.4, -0.2) is 10.8 Å². The highest BCUT2D eigenvalue weighted by atomic mass is 16.6. The zero-order valence-electron chi connectivity index (χ0n) is 11.3. The molecule has 0 aliphatic carbocycles. The first-order valence-electron chi connectivity index (χ1n) is 6.31. The molecule has 108 valence electrons. The molecule has 2 rings (SSSR count). The summed E-state index contributed by atoms with van der Waals surface area (Å²) in [5, 5.41) is 18.1. The molecule has 2 aromatic carbocycles. The minimum absolute atomic E-state index is 0.00420. The molecule has 0 saturated carbocycles. The van der Waals surface area contributed by atoms with E-state index >= 15 is 0 Å². The second kappa shape index (κ2) is 6.62. The number of nitrogens with zero attached hydrogens (tertiary/aromatic N) is 1. The molecule has 0 radical (unpaired) electrons. The van der Waals surface area contributed by atoms with Crippen molar-refractivity contribution in [2.75, 3.05) is 0 Å². The van der Waals surface area contributed by atoms with Gasteiger partial charge >= 0.3 is 0 Å². The molecule has 3 N–H and O–H groups in total. The van der Waals surface area contributed by atoms with Gasteiger partial charge in [-0.3, -0.25) is 15.5 Å². The summed E-state index contributed by atoms with van der Waals surface area (Å²) in [4.78, 5) is 10.1. The lowest BCUT2D eigenvalue weighted by molar-refractivity contribution is -0.384. The standard InChI is InChI=1S/C15H15N3O3/c16-15(17)14-4-2-1-3-12(14)10-21-9-11-5-7-13(8-6-11)18(19)20/h1-8H,9-10H2,(H3,16,17). The smallest absolute Gasteiger partial charge is 0.269 e. The summed E-state index contributed by atoms with van der Waals surface area (Å²) in [6.07, 6.45) is 0. The molecule has 0 amide bonds. The molecule has 0 spiro atoms. The van der Waals surface area contributed by atoms with Gasteiger partial charge < -0.3 is 10.5 Å². The molecule has 21 heavy (non-hydrogen) atoms. The third kappa shape index (κ3) is 3.87. The number of nitro groups is 1. The van der Waals surface area contributed by atoms with E-state index in [-0.39, 0.29) is 11.5 Å². The van der Waals surface area contributed by atoms with Gasteiger partial charge in [0.05, 0.1) is 18.1 Å². The van der Waals surface area contributed by atoms with Crippen LogP contribution < -0.4 is 5.73 Å². The second-order valence-electron chi connectivity index (χ2n) is 4.49. The molecule has 0 aliphatic rings. The van der Waals surface area contributed by atoms with Gasteiger partial charge in [0.2, 0.25) is 0 Å². The quantitative estimate of drug-likeness (QED) is 0.368. The van der Waals surface area contributed by atoms with E-state index in [9.17, 15) is 10.1 Å². The normalized spacial score (nSPS) is 10.3. The number of amidine groups is 1. The van der Waals surface area contributed by atoms with Crippen LogP contribution in [0.25, 0.3) is 0 Å². The summed E-state index contributed by atoms with van der Waals surface area (Å²) in [7, 11) is 0. The molecule has 0 saturated heterocycles. The van der Waals surface area contributed by atoms with Crippen LogP contribution in [0.4, 0.5) is 5.69 Å². The molecule has 2 aromatic rings. The number of nitro benzene ring substituents is 1. The Morgan fingerprint density at radius 3 is 2.43 bits per heavy atom. The minimum Gasteiger partial charge on any atom is -0.384 e. The Bertz CT molecular complexity index is 653. The predicted octanol–water partition coefficient (Wildman–Crippen LogP) is 2.60. The number of ether oxygens (including phenoxy) is 1. The van der Waals surface area contributed by atoms with E-state index in [1.807, 2.05) is 18.2 Å². The maximum atomic E-state index is 10.6. The molecule has 0 atom stereocenters. The van der Waals surface area contributed by atoms with Crippen LogP contribution in [0.3, 0.4) is 0 Å². The van der Waals surface area contributed by atoms with E-state index in [4.69, 9.17) is 15.9 Å². The van der Waals surface area contributed by atoms with Gasteiger partial charge in [-0.25, -0.2) is 0 Å². The van der Waals surface area contributed by atoms with E-state index in [0.717, 1.165) is 11.1 Å². The van der Waals surface area contributed by atoms with Crippen LogP contribution >= 0.6 is 0 Å². The van der Waals surface area contributed by atoms with Crippen molar-refractivity contribution >= 4 is 11.5 Å². The molecule has 0 fully saturated rings. The monoisotopic (exact) mass is 285 g/mol. The van der Waals surface area contributed by atoms with Crippen molar-refractivity contribution < 1.29 is 9.66 Å². The van der Waals surface area contributed by atoms with Crippen molar-refractivity contribution in [1.82, 2.24) is 0 Å². The zero-order chi connectivity index (χ0) is 15.2. The molecule has 0 bridgehead atoms.